The Hall–Kier alpha value is -1.85. The first kappa shape index (κ1) is 13.6. The van der Waals surface area contributed by atoms with Crippen molar-refractivity contribution in [3.05, 3.63) is 48.0 Å². The lowest BCUT2D eigenvalue weighted by Crippen LogP contribution is -2.29. The Balaban J connectivity index is 2.04. The molecule has 0 radical (unpaired) electrons. The highest BCUT2D eigenvalue weighted by Crippen LogP contribution is 2.16. The van der Waals surface area contributed by atoms with Gasteiger partial charge in [0, 0.05) is 18.2 Å². The molecular weight excluding hydrogens is 243 g/mol. The van der Waals surface area contributed by atoms with Crippen LogP contribution in [0.2, 0.25) is 0 Å². The second-order valence-electron chi connectivity index (χ2n) is 4.46. The van der Waals surface area contributed by atoms with Crippen molar-refractivity contribution in [2.24, 2.45) is 11.5 Å². The summed E-state index contributed by atoms with van der Waals surface area (Å²) >= 11 is 0. The van der Waals surface area contributed by atoms with E-state index in [1.165, 1.54) is 5.56 Å². The zero-order valence-corrected chi connectivity index (χ0v) is 10.6. The number of nitrogens with zero attached hydrogens (tertiary/aromatic N) is 2. The van der Waals surface area contributed by atoms with Gasteiger partial charge in [0.1, 0.15) is 0 Å². The van der Waals surface area contributed by atoms with Gasteiger partial charge in [0.25, 0.3) is 0 Å². The Labute approximate surface area is 111 Å². The first-order valence-corrected chi connectivity index (χ1v) is 6.21. The number of aromatic nitrogens is 2. The van der Waals surface area contributed by atoms with Gasteiger partial charge in [-0.1, -0.05) is 24.3 Å². The molecule has 0 aliphatic carbocycles. The molecule has 0 spiro atoms. The number of rotatable bonds is 5. The van der Waals surface area contributed by atoms with Crippen molar-refractivity contribution in [1.82, 2.24) is 9.97 Å². The Bertz CT molecular complexity index is 510. The van der Waals surface area contributed by atoms with E-state index in [1.807, 2.05) is 24.3 Å². The molecule has 1 atom stereocenters. The zero-order valence-electron chi connectivity index (χ0n) is 10.6. The van der Waals surface area contributed by atoms with Crippen molar-refractivity contribution < 1.29 is 4.39 Å². The Morgan fingerprint density at radius 3 is 2.32 bits per heavy atom. The quantitative estimate of drug-likeness (QED) is 0.854. The molecule has 2 aromatic rings. The van der Waals surface area contributed by atoms with Gasteiger partial charge in [-0.15, -0.1) is 0 Å². The standard InChI is InChI=1S/C14H17FN4/c15-12-8-18-14(19-9-12)11-4-1-10(2-5-11)3-6-13(17)7-16/h1-2,4-5,8-9,13H,3,6-7,16-17H2. The minimum atomic E-state index is -0.434. The lowest BCUT2D eigenvalue weighted by Gasteiger charge is -2.08. The van der Waals surface area contributed by atoms with Crippen LogP contribution in [0.1, 0.15) is 12.0 Å². The fourth-order valence-electron chi connectivity index (χ4n) is 1.75. The molecule has 0 bridgehead atoms. The summed E-state index contributed by atoms with van der Waals surface area (Å²) in [5.41, 5.74) is 13.3. The van der Waals surface area contributed by atoms with Gasteiger partial charge >= 0.3 is 0 Å². The molecule has 1 unspecified atom stereocenters. The predicted octanol–water partition coefficient (Wildman–Crippen LogP) is 1.50. The van der Waals surface area contributed by atoms with Crippen LogP contribution in [0.4, 0.5) is 4.39 Å². The maximum Gasteiger partial charge on any atom is 0.159 e. The third kappa shape index (κ3) is 3.81. The lowest BCUT2D eigenvalue weighted by molar-refractivity contribution is 0.614. The van der Waals surface area contributed by atoms with Gasteiger partial charge in [0.05, 0.1) is 12.4 Å². The third-order valence-corrected chi connectivity index (χ3v) is 2.94. The minimum Gasteiger partial charge on any atom is -0.329 e. The van der Waals surface area contributed by atoms with Crippen molar-refractivity contribution in [1.29, 1.82) is 0 Å². The predicted molar refractivity (Wildman–Crippen MR) is 72.8 cm³/mol. The first-order valence-electron chi connectivity index (χ1n) is 6.21. The van der Waals surface area contributed by atoms with E-state index in [9.17, 15) is 4.39 Å². The number of nitrogens with two attached hydrogens (primary N) is 2. The van der Waals surface area contributed by atoms with Crippen molar-refractivity contribution in [2.75, 3.05) is 6.54 Å². The van der Waals surface area contributed by atoms with Crippen LogP contribution in [-0.2, 0) is 6.42 Å². The molecule has 0 amide bonds. The van der Waals surface area contributed by atoms with E-state index in [0.29, 0.717) is 12.4 Å². The molecule has 2 rings (SSSR count). The number of hydrogen-bond acceptors (Lipinski definition) is 4. The molecule has 0 aliphatic rings. The maximum atomic E-state index is 12.7. The van der Waals surface area contributed by atoms with E-state index in [2.05, 4.69) is 9.97 Å². The highest BCUT2D eigenvalue weighted by molar-refractivity contribution is 5.54. The van der Waals surface area contributed by atoms with Crippen LogP contribution < -0.4 is 11.5 Å². The van der Waals surface area contributed by atoms with E-state index in [-0.39, 0.29) is 6.04 Å². The van der Waals surface area contributed by atoms with E-state index >= 15 is 0 Å². The highest BCUT2D eigenvalue weighted by Gasteiger charge is 2.03. The van der Waals surface area contributed by atoms with Gasteiger partial charge in [-0.25, -0.2) is 14.4 Å². The maximum absolute atomic E-state index is 12.7. The highest BCUT2D eigenvalue weighted by atomic mass is 19.1. The molecule has 19 heavy (non-hydrogen) atoms. The van der Waals surface area contributed by atoms with Crippen LogP contribution in [0.25, 0.3) is 11.4 Å². The largest absolute Gasteiger partial charge is 0.329 e. The van der Waals surface area contributed by atoms with Crippen LogP contribution in [0.15, 0.2) is 36.7 Å². The zero-order chi connectivity index (χ0) is 13.7. The normalized spacial score (nSPS) is 12.4. The first-order chi connectivity index (χ1) is 9.19. The van der Waals surface area contributed by atoms with Gasteiger partial charge in [-0.2, -0.15) is 0 Å². The number of halogens is 1. The topological polar surface area (TPSA) is 77.8 Å². The Morgan fingerprint density at radius 1 is 1.11 bits per heavy atom. The second kappa shape index (κ2) is 6.36. The summed E-state index contributed by atoms with van der Waals surface area (Å²) in [6.45, 7) is 0.501. The van der Waals surface area contributed by atoms with E-state index in [0.717, 1.165) is 30.8 Å². The number of benzene rings is 1. The van der Waals surface area contributed by atoms with Crippen molar-refractivity contribution in [3.8, 4) is 11.4 Å². The second-order valence-corrected chi connectivity index (χ2v) is 4.46. The van der Waals surface area contributed by atoms with Crippen LogP contribution in [0.5, 0.6) is 0 Å². The van der Waals surface area contributed by atoms with Crippen LogP contribution >= 0.6 is 0 Å². The average Bonchev–Trinajstić information content (AvgIpc) is 2.46. The minimum absolute atomic E-state index is 0.0418. The van der Waals surface area contributed by atoms with Crippen molar-refractivity contribution in [3.63, 3.8) is 0 Å². The molecule has 0 fully saturated rings. The monoisotopic (exact) mass is 260 g/mol. The summed E-state index contributed by atoms with van der Waals surface area (Å²) in [4.78, 5) is 7.89. The van der Waals surface area contributed by atoms with E-state index in [1.54, 1.807) is 0 Å². The fourth-order valence-corrected chi connectivity index (χ4v) is 1.75. The van der Waals surface area contributed by atoms with E-state index < -0.39 is 5.82 Å². The van der Waals surface area contributed by atoms with Gasteiger partial charge in [-0.3, -0.25) is 0 Å². The fraction of sp³-hybridized carbons (Fsp3) is 0.286. The van der Waals surface area contributed by atoms with Gasteiger partial charge in [0.15, 0.2) is 11.6 Å². The molecule has 1 heterocycles. The summed E-state index contributed by atoms with van der Waals surface area (Å²) in [6.07, 6.45) is 4.08. The summed E-state index contributed by atoms with van der Waals surface area (Å²) < 4.78 is 12.7. The van der Waals surface area contributed by atoms with Crippen molar-refractivity contribution in [2.45, 2.75) is 18.9 Å². The van der Waals surface area contributed by atoms with Gasteiger partial charge in [-0.05, 0) is 18.4 Å². The average molecular weight is 260 g/mol. The molecule has 4 N–H and O–H groups in total. The molecule has 4 nitrogen and oxygen atoms in total. The number of aryl methyl sites for hydroxylation is 1. The Kier molecular flexibility index (Phi) is 4.54. The number of hydrogen-bond donors (Lipinski definition) is 2. The summed E-state index contributed by atoms with van der Waals surface area (Å²) in [5, 5.41) is 0. The molecule has 1 aromatic carbocycles. The third-order valence-electron chi connectivity index (χ3n) is 2.94. The molecule has 100 valence electrons. The van der Waals surface area contributed by atoms with Gasteiger partial charge < -0.3 is 11.5 Å². The Morgan fingerprint density at radius 2 is 1.74 bits per heavy atom. The van der Waals surface area contributed by atoms with Crippen LogP contribution in [0, 0.1) is 5.82 Å². The smallest absolute Gasteiger partial charge is 0.159 e. The summed E-state index contributed by atoms with van der Waals surface area (Å²) in [5.74, 6) is 0.0859. The molecule has 0 saturated carbocycles. The molecular formula is C14H17FN4. The van der Waals surface area contributed by atoms with E-state index in [4.69, 9.17) is 11.5 Å². The summed E-state index contributed by atoms with van der Waals surface area (Å²) in [7, 11) is 0. The molecule has 1 aromatic heterocycles. The van der Waals surface area contributed by atoms with Crippen molar-refractivity contribution >= 4 is 0 Å². The molecule has 0 saturated heterocycles. The van der Waals surface area contributed by atoms with Gasteiger partial charge in [0.2, 0.25) is 0 Å². The lowest BCUT2D eigenvalue weighted by atomic mass is 10.0. The van der Waals surface area contributed by atoms with Crippen LogP contribution in [0.3, 0.4) is 0 Å². The summed E-state index contributed by atoms with van der Waals surface area (Å²) in [6, 6.07) is 7.91. The SMILES string of the molecule is NCC(N)CCc1ccc(-c2ncc(F)cn2)cc1. The molecule has 0 aliphatic heterocycles. The van der Waals surface area contributed by atoms with Crippen LogP contribution in [-0.4, -0.2) is 22.6 Å². The molecule has 5 heteroatoms.